The number of hydrogen-bond donors (Lipinski definition) is 0. The van der Waals surface area contributed by atoms with Crippen LogP contribution in [0.4, 0.5) is 0 Å². The van der Waals surface area contributed by atoms with Crippen LogP contribution in [0.2, 0.25) is 0 Å². The Morgan fingerprint density at radius 3 is 2.77 bits per heavy atom. The molecule has 0 radical (unpaired) electrons. The van der Waals surface area contributed by atoms with E-state index in [4.69, 9.17) is 4.42 Å². The largest absolute Gasteiger partial charge is 0.456 e. The van der Waals surface area contributed by atoms with E-state index >= 15 is 0 Å². The lowest BCUT2D eigenvalue weighted by atomic mass is 9.94. The van der Waals surface area contributed by atoms with Crippen molar-refractivity contribution < 1.29 is 4.42 Å². The van der Waals surface area contributed by atoms with Gasteiger partial charge in [0.1, 0.15) is 11.2 Å². The third kappa shape index (κ3) is 1.71. The highest BCUT2D eigenvalue weighted by molar-refractivity contribution is 6.05. The molecule has 2 atom stereocenters. The molecule has 5 rings (SSSR count). The summed E-state index contributed by atoms with van der Waals surface area (Å²) in [5.74, 6) is 0. The zero-order valence-electron chi connectivity index (χ0n) is 12.8. The van der Waals surface area contributed by atoms with Crippen LogP contribution in [-0.4, -0.2) is 24.0 Å². The van der Waals surface area contributed by atoms with Gasteiger partial charge < -0.3 is 4.42 Å². The molecule has 2 bridgehead atoms. The highest BCUT2D eigenvalue weighted by atomic mass is 16.3. The van der Waals surface area contributed by atoms with E-state index in [0.717, 1.165) is 17.2 Å². The van der Waals surface area contributed by atoms with Crippen LogP contribution < -0.4 is 0 Å². The minimum Gasteiger partial charge on any atom is -0.456 e. The number of benzene rings is 2. The number of furan rings is 1. The molecule has 0 aliphatic carbocycles. The number of fused-ring (bicyclic) bond motifs is 5. The summed E-state index contributed by atoms with van der Waals surface area (Å²) in [6.07, 6.45) is 6.29. The van der Waals surface area contributed by atoms with E-state index in [2.05, 4.69) is 48.4 Å². The molecule has 2 aliphatic heterocycles. The fraction of sp³-hybridized carbons (Fsp3) is 0.300. The maximum Gasteiger partial charge on any atom is 0.135 e. The molecule has 22 heavy (non-hydrogen) atoms. The summed E-state index contributed by atoms with van der Waals surface area (Å²) in [5.41, 5.74) is 4.84. The summed E-state index contributed by atoms with van der Waals surface area (Å²) >= 11 is 0. The Morgan fingerprint density at radius 1 is 1.00 bits per heavy atom. The van der Waals surface area contributed by atoms with Gasteiger partial charge in [0.2, 0.25) is 0 Å². The van der Waals surface area contributed by atoms with Gasteiger partial charge >= 0.3 is 0 Å². The van der Waals surface area contributed by atoms with E-state index in [1.807, 2.05) is 12.1 Å². The molecule has 0 amide bonds. The fourth-order valence-corrected chi connectivity index (χ4v) is 4.18. The number of likely N-dealkylation sites (N-methyl/N-ethyl adjacent to an activating group) is 1. The Balaban J connectivity index is 1.66. The molecule has 2 unspecified atom stereocenters. The zero-order chi connectivity index (χ0) is 14.7. The molecule has 110 valence electrons. The zero-order valence-corrected chi connectivity index (χ0v) is 12.8. The lowest BCUT2D eigenvalue weighted by Gasteiger charge is -2.30. The van der Waals surface area contributed by atoms with Gasteiger partial charge in [-0.25, -0.2) is 0 Å². The SMILES string of the molecule is CN1C2C=C(c3ccc4oc5ccccc5c4c3)CC1CC2. The van der Waals surface area contributed by atoms with E-state index in [-0.39, 0.29) is 0 Å². The van der Waals surface area contributed by atoms with Crippen molar-refractivity contribution in [2.75, 3.05) is 7.05 Å². The Labute approximate surface area is 130 Å². The highest BCUT2D eigenvalue weighted by Crippen LogP contribution is 2.39. The minimum atomic E-state index is 0.630. The van der Waals surface area contributed by atoms with Gasteiger partial charge in [0.25, 0.3) is 0 Å². The van der Waals surface area contributed by atoms with Crippen molar-refractivity contribution in [3.63, 3.8) is 0 Å². The molecule has 1 aromatic heterocycles. The second kappa shape index (κ2) is 4.47. The molecular formula is C20H19NO. The van der Waals surface area contributed by atoms with Crippen molar-refractivity contribution in [3.05, 3.63) is 54.1 Å². The van der Waals surface area contributed by atoms with Crippen molar-refractivity contribution >= 4 is 27.5 Å². The summed E-state index contributed by atoms with van der Waals surface area (Å²) in [6, 6.07) is 16.3. The van der Waals surface area contributed by atoms with Gasteiger partial charge in [-0.2, -0.15) is 0 Å². The van der Waals surface area contributed by atoms with Gasteiger partial charge in [-0.3, -0.25) is 4.90 Å². The van der Waals surface area contributed by atoms with Crippen LogP contribution >= 0.6 is 0 Å². The summed E-state index contributed by atoms with van der Waals surface area (Å²) in [4.78, 5) is 2.54. The molecule has 0 saturated carbocycles. The van der Waals surface area contributed by atoms with Crippen LogP contribution in [0.5, 0.6) is 0 Å². The lowest BCUT2D eigenvalue weighted by molar-refractivity contribution is 0.264. The quantitative estimate of drug-likeness (QED) is 0.637. The molecule has 2 nitrogen and oxygen atoms in total. The standard InChI is InChI=1S/C20H19NO/c1-21-15-7-8-16(21)11-14(10-15)13-6-9-20-18(12-13)17-4-2-3-5-19(17)22-20/h2-6,9-10,12,15-16H,7-8,11H2,1H3. The molecule has 2 aromatic carbocycles. The Hall–Kier alpha value is -2.06. The van der Waals surface area contributed by atoms with Gasteiger partial charge in [-0.15, -0.1) is 0 Å². The van der Waals surface area contributed by atoms with Crippen LogP contribution in [0, 0.1) is 0 Å². The topological polar surface area (TPSA) is 16.4 Å². The molecule has 0 N–H and O–H groups in total. The van der Waals surface area contributed by atoms with Crippen molar-refractivity contribution in [2.24, 2.45) is 0 Å². The van der Waals surface area contributed by atoms with E-state index in [0.29, 0.717) is 6.04 Å². The predicted octanol–water partition coefficient (Wildman–Crippen LogP) is 4.84. The first kappa shape index (κ1) is 12.5. The molecule has 3 heterocycles. The van der Waals surface area contributed by atoms with E-state index in [1.165, 1.54) is 41.2 Å². The first-order valence-corrected chi connectivity index (χ1v) is 8.14. The van der Waals surface area contributed by atoms with Crippen LogP contribution in [0.1, 0.15) is 24.8 Å². The normalized spacial score (nSPS) is 25.0. The van der Waals surface area contributed by atoms with Crippen LogP contribution in [0.3, 0.4) is 0 Å². The summed E-state index contributed by atoms with van der Waals surface area (Å²) in [7, 11) is 2.27. The smallest absolute Gasteiger partial charge is 0.135 e. The van der Waals surface area contributed by atoms with Crippen molar-refractivity contribution in [3.8, 4) is 0 Å². The maximum absolute atomic E-state index is 5.94. The van der Waals surface area contributed by atoms with Gasteiger partial charge in [0, 0.05) is 22.9 Å². The number of nitrogens with zero attached hydrogens (tertiary/aromatic N) is 1. The first-order chi connectivity index (χ1) is 10.8. The second-order valence-electron chi connectivity index (χ2n) is 6.67. The number of para-hydroxylation sites is 1. The molecule has 3 aromatic rings. The molecule has 2 heteroatoms. The molecular weight excluding hydrogens is 270 g/mol. The predicted molar refractivity (Wildman–Crippen MR) is 90.9 cm³/mol. The maximum atomic E-state index is 5.94. The molecule has 1 saturated heterocycles. The fourth-order valence-electron chi connectivity index (χ4n) is 4.18. The van der Waals surface area contributed by atoms with Gasteiger partial charge in [-0.1, -0.05) is 30.3 Å². The third-order valence-electron chi connectivity index (χ3n) is 5.49. The minimum absolute atomic E-state index is 0.630. The molecule has 0 spiro atoms. The van der Waals surface area contributed by atoms with Gasteiger partial charge in [0.05, 0.1) is 0 Å². The van der Waals surface area contributed by atoms with E-state index in [9.17, 15) is 0 Å². The average Bonchev–Trinajstić information content (AvgIpc) is 2.98. The molecule has 1 fully saturated rings. The van der Waals surface area contributed by atoms with Crippen molar-refractivity contribution in [2.45, 2.75) is 31.3 Å². The number of hydrogen-bond acceptors (Lipinski definition) is 2. The van der Waals surface area contributed by atoms with Gasteiger partial charge in [-0.05, 0) is 55.6 Å². The van der Waals surface area contributed by atoms with E-state index < -0.39 is 0 Å². The van der Waals surface area contributed by atoms with Crippen LogP contribution in [-0.2, 0) is 0 Å². The summed E-state index contributed by atoms with van der Waals surface area (Å²) in [6.45, 7) is 0. The van der Waals surface area contributed by atoms with Crippen molar-refractivity contribution in [1.82, 2.24) is 4.90 Å². The molecule has 2 aliphatic rings. The Morgan fingerprint density at radius 2 is 1.86 bits per heavy atom. The van der Waals surface area contributed by atoms with E-state index in [1.54, 1.807) is 0 Å². The monoisotopic (exact) mass is 289 g/mol. The second-order valence-corrected chi connectivity index (χ2v) is 6.67. The third-order valence-corrected chi connectivity index (χ3v) is 5.49. The van der Waals surface area contributed by atoms with Crippen LogP contribution in [0.25, 0.3) is 27.5 Å². The van der Waals surface area contributed by atoms with Crippen molar-refractivity contribution in [1.29, 1.82) is 0 Å². The highest BCUT2D eigenvalue weighted by Gasteiger charge is 2.33. The summed E-state index contributed by atoms with van der Waals surface area (Å²) < 4.78 is 5.94. The first-order valence-electron chi connectivity index (χ1n) is 8.14. The Kier molecular flexibility index (Phi) is 2.53. The summed E-state index contributed by atoms with van der Waals surface area (Å²) in [5, 5.41) is 2.45. The lowest BCUT2D eigenvalue weighted by Crippen LogP contribution is -2.34. The van der Waals surface area contributed by atoms with Gasteiger partial charge in [0.15, 0.2) is 0 Å². The van der Waals surface area contributed by atoms with Crippen LogP contribution in [0.15, 0.2) is 53.0 Å². The average molecular weight is 289 g/mol. The number of rotatable bonds is 1. The Bertz CT molecular complexity index is 904.